The second-order valence-electron chi connectivity index (χ2n) is 11.8. The number of anilines is 1. The summed E-state index contributed by atoms with van der Waals surface area (Å²) in [6.07, 6.45) is 4.39. The van der Waals surface area contributed by atoms with Crippen LogP contribution in [0.1, 0.15) is 52.4 Å². The van der Waals surface area contributed by atoms with Crippen molar-refractivity contribution in [1.29, 1.82) is 0 Å². The zero-order chi connectivity index (χ0) is 32.7. The monoisotopic (exact) mass is 642 g/mol. The van der Waals surface area contributed by atoms with E-state index in [4.69, 9.17) is 21.3 Å². The molecule has 2 atom stereocenters. The Morgan fingerprint density at radius 2 is 1.80 bits per heavy atom. The summed E-state index contributed by atoms with van der Waals surface area (Å²) in [6.45, 7) is 2.56. The van der Waals surface area contributed by atoms with Crippen LogP contribution >= 0.6 is 11.6 Å². The standard InChI is InChI=1S/C34H35ClN6O5/c1-18-21(7-6-10-25(18)38-31(43)24-17-40(2)34(45)41(3)33(24)44)22-8-5-9-23(30(22)35)27-15-19-11-13-26(29(19)32(39-27)46-4)36-16-20-12-14-28(42)37-20/h5-10,15,17,20,26,36H,11-14,16H2,1-4H3,(H,37,42)(H,38,43)/t20-,26?/m1/s1. The molecule has 1 aliphatic heterocycles. The van der Waals surface area contributed by atoms with Crippen molar-refractivity contribution in [2.45, 2.75) is 44.7 Å². The maximum atomic E-state index is 13.1. The molecule has 1 fully saturated rings. The zero-order valence-electron chi connectivity index (χ0n) is 26.1. The maximum Gasteiger partial charge on any atom is 0.330 e. The molecular weight excluding hydrogens is 608 g/mol. The van der Waals surface area contributed by atoms with Gasteiger partial charge in [0.1, 0.15) is 5.56 Å². The van der Waals surface area contributed by atoms with Gasteiger partial charge in [-0.25, -0.2) is 9.78 Å². The molecule has 1 aliphatic carbocycles. The summed E-state index contributed by atoms with van der Waals surface area (Å²) in [5.74, 6) is 0.0260. The van der Waals surface area contributed by atoms with Crippen molar-refractivity contribution in [2.75, 3.05) is 19.0 Å². The third-order valence-corrected chi connectivity index (χ3v) is 9.29. The van der Waals surface area contributed by atoms with Gasteiger partial charge in [0.05, 0.1) is 17.8 Å². The Morgan fingerprint density at radius 1 is 1.07 bits per heavy atom. The minimum Gasteiger partial charge on any atom is -0.481 e. The predicted octanol–water partition coefficient (Wildman–Crippen LogP) is 3.89. The van der Waals surface area contributed by atoms with Crippen LogP contribution in [0.3, 0.4) is 0 Å². The number of fused-ring (bicyclic) bond motifs is 1. The molecule has 4 aromatic rings. The van der Waals surface area contributed by atoms with Gasteiger partial charge in [0, 0.05) is 67.7 Å². The second-order valence-corrected chi connectivity index (χ2v) is 12.2. The fraction of sp³-hybridized carbons (Fsp3) is 0.324. The van der Waals surface area contributed by atoms with Gasteiger partial charge in [-0.3, -0.25) is 19.0 Å². The Kier molecular flexibility index (Phi) is 8.54. The highest BCUT2D eigenvalue weighted by Crippen LogP contribution is 2.43. The molecule has 3 N–H and O–H groups in total. The lowest BCUT2D eigenvalue weighted by molar-refractivity contribution is -0.119. The van der Waals surface area contributed by atoms with Crippen LogP contribution in [-0.2, 0) is 25.3 Å². The first-order chi connectivity index (χ1) is 22.1. The Hall–Kier alpha value is -4.74. The van der Waals surface area contributed by atoms with Crippen LogP contribution in [0, 0.1) is 6.92 Å². The summed E-state index contributed by atoms with van der Waals surface area (Å²) in [5.41, 5.74) is 5.09. The van der Waals surface area contributed by atoms with Crippen LogP contribution in [0.5, 0.6) is 5.88 Å². The van der Waals surface area contributed by atoms with Crippen molar-refractivity contribution in [2.24, 2.45) is 14.1 Å². The van der Waals surface area contributed by atoms with Gasteiger partial charge in [0.15, 0.2) is 0 Å². The Morgan fingerprint density at radius 3 is 2.54 bits per heavy atom. The van der Waals surface area contributed by atoms with Crippen LogP contribution in [0.15, 0.2) is 58.3 Å². The van der Waals surface area contributed by atoms with E-state index in [0.717, 1.165) is 57.2 Å². The normalized spacial score (nSPS) is 17.1. The smallest absolute Gasteiger partial charge is 0.330 e. The third-order valence-electron chi connectivity index (χ3n) is 8.89. The Balaban J connectivity index is 1.29. The SMILES string of the molecule is COc1nc(-c2cccc(-c3cccc(NC(=O)c4cn(C)c(=O)n(C)c4=O)c3C)c2Cl)cc2c1C(NC[C@H]1CCC(=O)N1)CC2. The molecule has 238 valence electrons. The number of hydrogen-bond acceptors (Lipinski definition) is 7. The molecule has 1 unspecified atom stereocenters. The Bertz CT molecular complexity index is 2000. The minimum atomic E-state index is -0.674. The molecule has 1 saturated heterocycles. The molecule has 0 spiro atoms. The molecule has 11 nitrogen and oxygen atoms in total. The van der Waals surface area contributed by atoms with Crippen molar-refractivity contribution in [3.05, 3.63) is 96.8 Å². The molecule has 2 aliphatic rings. The maximum absolute atomic E-state index is 13.1. The number of halogens is 1. The molecule has 0 radical (unpaired) electrons. The first kappa shape index (κ1) is 31.3. The number of ether oxygens (including phenoxy) is 1. The molecule has 6 rings (SSSR count). The average molecular weight is 643 g/mol. The highest BCUT2D eigenvalue weighted by molar-refractivity contribution is 6.36. The van der Waals surface area contributed by atoms with E-state index in [0.29, 0.717) is 35.2 Å². The molecule has 2 aromatic carbocycles. The highest BCUT2D eigenvalue weighted by Gasteiger charge is 2.30. The number of carbonyl (C=O) groups excluding carboxylic acids is 2. The van der Waals surface area contributed by atoms with Crippen LogP contribution < -0.4 is 31.9 Å². The van der Waals surface area contributed by atoms with Crippen LogP contribution in [0.2, 0.25) is 5.02 Å². The van der Waals surface area contributed by atoms with Crippen LogP contribution in [0.25, 0.3) is 22.4 Å². The number of benzene rings is 2. The highest BCUT2D eigenvalue weighted by atomic mass is 35.5. The number of methoxy groups -OCH3 is 1. The number of pyridine rings is 1. The molecule has 3 heterocycles. The summed E-state index contributed by atoms with van der Waals surface area (Å²) in [5, 5.41) is 9.94. The number of aromatic nitrogens is 3. The number of nitrogens with one attached hydrogen (secondary N) is 3. The molecule has 0 bridgehead atoms. The van der Waals surface area contributed by atoms with Crippen molar-refractivity contribution < 1.29 is 14.3 Å². The van der Waals surface area contributed by atoms with Crippen molar-refractivity contribution >= 4 is 29.1 Å². The largest absolute Gasteiger partial charge is 0.481 e. The topological polar surface area (TPSA) is 136 Å². The van der Waals surface area contributed by atoms with Gasteiger partial charge in [-0.2, -0.15) is 0 Å². The van der Waals surface area contributed by atoms with E-state index in [2.05, 4.69) is 22.0 Å². The first-order valence-corrected chi connectivity index (χ1v) is 15.5. The molecule has 2 aromatic heterocycles. The van der Waals surface area contributed by atoms with E-state index in [1.807, 2.05) is 31.2 Å². The van der Waals surface area contributed by atoms with Gasteiger partial charge in [0.25, 0.3) is 11.5 Å². The van der Waals surface area contributed by atoms with Crippen molar-refractivity contribution in [3.63, 3.8) is 0 Å². The van der Waals surface area contributed by atoms with E-state index in [1.165, 1.54) is 24.9 Å². The summed E-state index contributed by atoms with van der Waals surface area (Å²) in [7, 11) is 4.44. The van der Waals surface area contributed by atoms with Gasteiger partial charge >= 0.3 is 5.69 Å². The second kappa shape index (κ2) is 12.6. The lowest BCUT2D eigenvalue weighted by Gasteiger charge is -2.20. The fourth-order valence-electron chi connectivity index (χ4n) is 6.37. The van der Waals surface area contributed by atoms with Crippen LogP contribution in [-0.4, -0.2) is 45.6 Å². The number of rotatable bonds is 8. The number of hydrogen-bond donors (Lipinski definition) is 3. The molecular formula is C34H35ClN6O5. The van der Waals surface area contributed by atoms with Gasteiger partial charge < -0.3 is 25.3 Å². The minimum absolute atomic E-state index is 0.0763. The molecule has 0 saturated carbocycles. The number of nitrogens with zero attached hydrogens (tertiary/aromatic N) is 3. The molecule has 12 heteroatoms. The van der Waals surface area contributed by atoms with Crippen molar-refractivity contribution in [1.82, 2.24) is 24.8 Å². The summed E-state index contributed by atoms with van der Waals surface area (Å²) in [4.78, 5) is 54.4. The van der Waals surface area contributed by atoms with Crippen LogP contribution in [0.4, 0.5) is 5.69 Å². The predicted molar refractivity (Wildman–Crippen MR) is 177 cm³/mol. The third kappa shape index (κ3) is 5.72. The van der Waals surface area contributed by atoms with E-state index < -0.39 is 17.2 Å². The lowest BCUT2D eigenvalue weighted by Crippen LogP contribution is -2.40. The molecule has 46 heavy (non-hydrogen) atoms. The van der Waals surface area contributed by atoms with Crippen molar-refractivity contribution in [3.8, 4) is 28.3 Å². The van der Waals surface area contributed by atoms with Gasteiger partial charge in [-0.05, 0) is 55.0 Å². The van der Waals surface area contributed by atoms with E-state index >= 15 is 0 Å². The zero-order valence-corrected chi connectivity index (χ0v) is 26.8. The van der Waals surface area contributed by atoms with E-state index in [-0.39, 0.29) is 23.6 Å². The first-order valence-electron chi connectivity index (χ1n) is 15.1. The summed E-state index contributed by atoms with van der Waals surface area (Å²) < 4.78 is 7.88. The van der Waals surface area contributed by atoms with Gasteiger partial charge in [-0.1, -0.05) is 41.9 Å². The summed E-state index contributed by atoms with van der Waals surface area (Å²) >= 11 is 7.09. The lowest BCUT2D eigenvalue weighted by atomic mass is 9.96. The number of aryl methyl sites for hydroxylation is 2. The van der Waals surface area contributed by atoms with Gasteiger partial charge in [0.2, 0.25) is 11.8 Å². The van der Waals surface area contributed by atoms with E-state index in [9.17, 15) is 19.2 Å². The Labute approximate surface area is 270 Å². The van der Waals surface area contributed by atoms with E-state index in [1.54, 1.807) is 19.2 Å². The number of amides is 2. The fourth-order valence-corrected chi connectivity index (χ4v) is 6.70. The van der Waals surface area contributed by atoms with Gasteiger partial charge in [-0.15, -0.1) is 0 Å². The quantitative estimate of drug-likeness (QED) is 0.265. The number of carbonyl (C=O) groups is 2. The summed E-state index contributed by atoms with van der Waals surface area (Å²) in [6, 6.07) is 13.5. The molecule has 2 amide bonds. The average Bonchev–Trinajstić information content (AvgIpc) is 3.66.